The third-order valence-corrected chi connectivity index (χ3v) is 3.41. The third-order valence-electron chi connectivity index (χ3n) is 3.41. The zero-order valence-electron chi connectivity index (χ0n) is 13.8. The van der Waals surface area contributed by atoms with Gasteiger partial charge in [-0.25, -0.2) is 4.79 Å². The van der Waals surface area contributed by atoms with Crippen molar-refractivity contribution in [2.45, 2.75) is 52.4 Å². The van der Waals surface area contributed by atoms with Crippen LogP contribution in [0.25, 0.3) is 0 Å². The van der Waals surface area contributed by atoms with Crippen molar-refractivity contribution in [3.05, 3.63) is 11.6 Å². The molecule has 0 atom stereocenters. The standard InChI is InChI=1S/C17H26O6/c1-3-5-7-9-22-13-11-12(18)15(19)14(17(20)21)16(13)23-10-8-6-4-2/h11,18-19H,3-10H2,1-2H3,(H,20,21). The summed E-state index contributed by atoms with van der Waals surface area (Å²) in [4.78, 5) is 11.4. The average molecular weight is 326 g/mol. The largest absolute Gasteiger partial charge is 0.504 e. The molecule has 1 rings (SSSR count). The molecule has 6 heteroatoms. The molecule has 6 nitrogen and oxygen atoms in total. The highest BCUT2D eigenvalue weighted by Crippen LogP contribution is 2.43. The molecule has 1 aromatic carbocycles. The Labute approximate surface area is 136 Å². The normalized spacial score (nSPS) is 10.5. The van der Waals surface area contributed by atoms with Crippen LogP contribution >= 0.6 is 0 Å². The van der Waals surface area contributed by atoms with Crippen LogP contribution in [0.4, 0.5) is 0 Å². The first-order valence-electron chi connectivity index (χ1n) is 8.10. The number of carboxylic acids is 1. The predicted octanol–water partition coefficient (Wildman–Crippen LogP) is 3.93. The van der Waals surface area contributed by atoms with Gasteiger partial charge in [-0.2, -0.15) is 0 Å². The monoisotopic (exact) mass is 326 g/mol. The zero-order chi connectivity index (χ0) is 17.2. The van der Waals surface area contributed by atoms with Gasteiger partial charge >= 0.3 is 5.97 Å². The molecule has 0 aromatic heterocycles. The van der Waals surface area contributed by atoms with Crippen molar-refractivity contribution in [2.24, 2.45) is 0 Å². The molecule has 0 aliphatic rings. The number of aromatic hydroxyl groups is 2. The van der Waals surface area contributed by atoms with Gasteiger partial charge in [0, 0.05) is 6.07 Å². The fourth-order valence-corrected chi connectivity index (χ4v) is 2.13. The van der Waals surface area contributed by atoms with Crippen LogP contribution in [0.5, 0.6) is 23.0 Å². The van der Waals surface area contributed by atoms with Crippen molar-refractivity contribution in [3.8, 4) is 23.0 Å². The minimum atomic E-state index is -1.37. The van der Waals surface area contributed by atoms with Gasteiger partial charge in [-0.3, -0.25) is 0 Å². The van der Waals surface area contributed by atoms with Crippen molar-refractivity contribution < 1.29 is 29.6 Å². The van der Waals surface area contributed by atoms with Crippen LogP contribution < -0.4 is 9.47 Å². The summed E-state index contributed by atoms with van der Waals surface area (Å²) in [5.74, 6) is -2.49. The van der Waals surface area contributed by atoms with Crippen LogP contribution in [-0.4, -0.2) is 34.5 Å². The SMILES string of the molecule is CCCCCOc1cc(O)c(O)c(C(=O)O)c1OCCCCC. The molecular weight excluding hydrogens is 300 g/mol. The average Bonchev–Trinajstić information content (AvgIpc) is 2.51. The molecule has 0 fully saturated rings. The lowest BCUT2D eigenvalue weighted by molar-refractivity contribution is 0.0686. The van der Waals surface area contributed by atoms with Gasteiger partial charge in [0.25, 0.3) is 0 Å². The summed E-state index contributed by atoms with van der Waals surface area (Å²) in [6, 6.07) is 1.20. The number of hydrogen-bond acceptors (Lipinski definition) is 5. The number of unbranched alkanes of at least 4 members (excludes halogenated alkanes) is 4. The van der Waals surface area contributed by atoms with Gasteiger partial charge in [0.05, 0.1) is 13.2 Å². The van der Waals surface area contributed by atoms with Gasteiger partial charge in [0.1, 0.15) is 0 Å². The third kappa shape index (κ3) is 5.54. The predicted molar refractivity (Wildman–Crippen MR) is 86.8 cm³/mol. The Morgan fingerprint density at radius 1 is 1.00 bits per heavy atom. The summed E-state index contributed by atoms with van der Waals surface area (Å²) in [5.41, 5.74) is -0.466. The first-order chi connectivity index (χ1) is 11.0. The van der Waals surface area contributed by atoms with E-state index in [-0.39, 0.29) is 11.5 Å². The van der Waals surface area contributed by atoms with E-state index < -0.39 is 23.0 Å². The number of aromatic carboxylic acids is 1. The van der Waals surface area contributed by atoms with Crippen molar-refractivity contribution in [3.63, 3.8) is 0 Å². The minimum absolute atomic E-state index is 0.0274. The van der Waals surface area contributed by atoms with E-state index in [1.54, 1.807) is 0 Å². The smallest absolute Gasteiger partial charge is 0.343 e. The number of carboxylic acid groups (broad SMARTS) is 1. The van der Waals surface area contributed by atoms with Crippen LogP contribution in [0.2, 0.25) is 0 Å². The lowest BCUT2D eigenvalue weighted by Gasteiger charge is -2.16. The second-order valence-corrected chi connectivity index (χ2v) is 5.36. The molecule has 0 aliphatic heterocycles. The Morgan fingerprint density at radius 3 is 2.09 bits per heavy atom. The maximum absolute atomic E-state index is 11.4. The van der Waals surface area contributed by atoms with Crippen LogP contribution in [0, 0.1) is 0 Å². The maximum Gasteiger partial charge on any atom is 0.343 e. The lowest BCUT2D eigenvalue weighted by atomic mass is 10.1. The summed E-state index contributed by atoms with van der Waals surface area (Å²) in [5, 5.41) is 28.8. The van der Waals surface area contributed by atoms with Crippen molar-refractivity contribution in [1.29, 1.82) is 0 Å². The molecule has 0 saturated heterocycles. The summed E-state index contributed by atoms with van der Waals surface area (Å²) >= 11 is 0. The van der Waals surface area contributed by atoms with Gasteiger partial charge < -0.3 is 24.8 Å². The second kappa shape index (κ2) is 9.82. The fourth-order valence-electron chi connectivity index (χ4n) is 2.13. The fraction of sp³-hybridized carbons (Fsp3) is 0.588. The molecule has 0 radical (unpaired) electrons. The van der Waals surface area contributed by atoms with Gasteiger partial charge in [0.15, 0.2) is 28.6 Å². The molecule has 3 N–H and O–H groups in total. The number of rotatable bonds is 11. The van der Waals surface area contributed by atoms with E-state index in [0.29, 0.717) is 13.2 Å². The van der Waals surface area contributed by atoms with E-state index >= 15 is 0 Å². The van der Waals surface area contributed by atoms with Crippen molar-refractivity contribution in [2.75, 3.05) is 13.2 Å². The van der Waals surface area contributed by atoms with Gasteiger partial charge in [-0.15, -0.1) is 0 Å². The number of benzene rings is 1. The molecule has 1 aromatic rings. The summed E-state index contributed by atoms with van der Waals surface area (Å²) in [6.07, 6.45) is 5.57. The van der Waals surface area contributed by atoms with Gasteiger partial charge in [-0.05, 0) is 12.8 Å². The van der Waals surface area contributed by atoms with E-state index in [1.807, 2.05) is 0 Å². The molecule has 0 amide bonds. The molecule has 0 heterocycles. The highest BCUT2D eigenvalue weighted by atomic mass is 16.5. The summed E-state index contributed by atoms with van der Waals surface area (Å²) in [6.45, 7) is 4.83. The minimum Gasteiger partial charge on any atom is -0.504 e. The van der Waals surface area contributed by atoms with Crippen LogP contribution in [0.1, 0.15) is 62.7 Å². The molecule has 130 valence electrons. The Kier molecular flexibility index (Phi) is 8.08. The maximum atomic E-state index is 11.4. The number of phenolic OH excluding ortho intramolecular Hbond substituents is 1. The number of phenols is 2. The summed E-state index contributed by atoms with van der Waals surface area (Å²) in [7, 11) is 0. The van der Waals surface area contributed by atoms with Crippen molar-refractivity contribution in [1.82, 2.24) is 0 Å². The van der Waals surface area contributed by atoms with Gasteiger partial charge in [0.2, 0.25) is 0 Å². The second-order valence-electron chi connectivity index (χ2n) is 5.36. The van der Waals surface area contributed by atoms with Gasteiger partial charge in [-0.1, -0.05) is 39.5 Å². The summed E-state index contributed by atoms with van der Waals surface area (Å²) < 4.78 is 11.1. The van der Waals surface area contributed by atoms with E-state index in [9.17, 15) is 20.1 Å². The molecule has 23 heavy (non-hydrogen) atoms. The van der Waals surface area contributed by atoms with E-state index in [0.717, 1.165) is 38.5 Å². The Balaban J connectivity index is 3.01. The molecular formula is C17H26O6. The topological polar surface area (TPSA) is 96.2 Å². The van der Waals surface area contributed by atoms with Crippen LogP contribution in [-0.2, 0) is 0 Å². The van der Waals surface area contributed by atoms with Crippen LogP contribution in [0.15, 0.2) is 6.07 Å². The highest BCUT2D eigenvalue weighted by Gasteiger charge is 2.25. The first-order valence-corrected chi connectivity index (χ1v) is 8.10. The van der Waals surface area contributed by atoms with E-state index in [2.05, 4.69) is 13.8 Å². The number of ether oxygens (including phenoxy) is 2. The Morgan fingerprint density at radius 2 is 1.57 bits per heavy atom. The number of hydrogen-bond donors (Lipinski definition) is 3. The Hall–Kier alpha value is -2.11. The molecule has 0 spiro atoms. The van der Waals surface area contributed by atoms with Crippen LogP contribution in [0.3, 0.4) is 0 Å². The zero-order valence-corrected chi connectivity index (χ0v) is 13.8. The van der Waals surface area contributed by atoms with E-state index in [1.165, 1.54) is 6.07 Å². The molecule has 0 aliphatic carbocycles. The first kappa shape index (κ1) is 18.9. The molecule has 0 bridgehead atoms. The molecule has 0 unspecified atom stereocenters. The van der Waals surface area contributed by atoms with Crippen molar-refractivity contribution >= 4 is 5.97 Å². The highest BCUT2D eigenvalue weighted by molar-refractivity contribution is 5.96. The molecule has 0 saturated carbocycles. The lowest BCUT2D eigenvalue weighted by Crippen LogP contribution is -2.08. The quantitative estimate of drug-likeness (QED) is 0.421. The number of carbonyl (C=O) groups is 1. The Bertz CT molecular complexity index is 512. The van der Waals surface area contributed by atoms with E-state index in [4.69, 9.17) is 9.47 Å².